The summed E-state index contributed by atoms with van der Waals surface area (Å²) in [5, 5.41) is 1.86. The third-order valence-electron chi connectivity index (χ3n) is 5.41. The predicted molar refractivity (Wildman–Crippen MR) is 91.7 cm³/mol. The van der Waals surface area contributed by atoms with E-state index in [1.54, 1.807) is 6.07 Å². The van der Waals surface area contributed by atoms with Crippen molar-refractivity contribution in [3.8, 4) is 0 Å². The van der Waals surface area contributed by atoms with E-state index in [4.69, 9.17) is 4.74 Å². The molecular formula is C19H22F6N2O2. The summed E-state index contributed by atoms with van der Waals surface area (Å²) in [7, 11) is 0. The van der Waals surface area contributed by atoms with Gasteiger partial charge in [-0.2, -0.15) is 26.3 Å². The highest BCUT2D eigenvalue weighted by Gasteiger charge is 2.42. The zero-order valence-corrected chi connectivity index (χ0v) is 15.5. The number of ether oxygens (including phenoxy) is 1. The minimum atomic E-state index is -4.45. The molecule has 0 aliphatic carbocycles. The van der Waals surface area contributed by atoms with Crippen LogP contribution in [0.1, 0.15) is 24.0 Å². The molecule has 2 aliphatic rings. The molecule has 2 fully saturated rings. The van der Waals surface area contributed by atoms with Crippen LogP contribution in [0, 0.1) is 11.8 Å². The molecule has 10 heteroatoms. The number of nitrogens with zero attached hydrogens (tertiary/aromatic N) is 1. The van der Waals surface area contributed by atoms with Crippen LogP contribution in [0.5, 0.6) is 0 Å². The van der Waals surface area contributed by atoms with Gasteiger partial charge in [0.25, 0.3) is 0 Å². The van der Waals surface area contributed by atoms with Crippen molar-refractivity contribution in [2.75, 3.05) is 26.2 Å². The first-order valence-corrected chi connectivity index (χ1v) is 9.35. The highest BCUT2D eigenvalue weighted by Crippen LogP contribution is 2.36. The number of carbonyl (C=O) groups is 1. The van der Waals surface area contributed by atoms with E-state index in [0.717, 1.165) is 12.1 Å². The van der Waals surface area contributed by atoms with E-state index in [-0.39, 0.29) is 18.3 Å². The molecule has 0 unspecified atom stereocenters. The summed E-state index contributed by atoms with van der Waals surface area (Å²) in [6, 6.07) is 5.22. The highest BCUT2D eigenvalue weighted by atomic mass is 19.4. The minimum absolute atomic E-state index is 0.0596. The number of alkyl halides is 6. The maximum Gasteiger partial charge on any atom is 0.416 e. The summed E-state index contributed by atoms with van der Waals surface area (Å²) in [4.78, 5) is 13.8. The number of hydrogen-bond acceptors (Lipinski definition) is 3. The van der Waals surface area contributed by atoms with Gasteiger partial charge >= 0.3 is 12.4 Å². The number of rotatable bonds is 5. The molecule has 0 saturated carbocycles. The van der Waals surface area contributed by atoms with Crippen LogP contribution < -0.4 is 5.32 Å². The fourth-order valence-electron chi connectivity index (χ4n) is 4.07. The summed E-state index contributed by atoms with van der Waals surface area (Å²) >= 11 is 0. The second kappa shape index (κ2) is 8.51. The van der Waals surface area contributed by atoms with E-state index in [0.29, 0.717) is 38.2 Å². The van der Waals surface area contributed by atoms with Crippen molar-refractivity contribution < 1.29 is 35.9 Å². The Morgan fingerprint density at radius 3 is 2.66 bits per heavy atom. The van der Waals surface area contributed by atoms with Crippen LogP contribution in [0.4, 0.5) is 26.3 Å². The highest BCUT2D eigenvalue weighted by molar-refractivity contribution is 5.76. The average Bonchev–Trinajstić information content (AvgIpc) is 3.01. The van der Waals surface area contributed by atoms with Gasteiger partial charge in [-0.15, -0.1) is 0 Å². The fourth-order valence-corrected chi connectivity index (χ4v) is 4.07. The van der Waals surface area contributed by atoms with Crippen LogP contribution in [0.25, 0.3) is 0 Å². The van der Waals surface area contributed by atoms with E-state index < -0.39 is 36.5 Å². The van der Waals surface area contributed by atoms with Crippen molar-refractivity contribution in [1.82, 2.24) is 10.2 Å². The number of likely N-dealkylation sites (tertiary alicyclic amines) is 1. The van der Waals surface area contributed by atoms with E-state index in [2.05, 4.69) is 0 Å². The molecule has 3 rings (SSSR count). The molecule has 0 radical (unpaired) electrons. The quantitative estimate of drug-likeness (QED) is 0.735. The van der Waals surface area contributed by atoms with Crippen LogP contribution in [0.2, 0.25) is 0 Å². The van der Waals surface area contributed by atoms with Gasteiger partial charge in [0, 0.05) is 19.0 Å². The Morgan fingerprint density at radius 1 is 1.21 bits per heavy atom. The van der Waals surface area contributed by atoms with E-state index in [9.17, 15) is 31.1 Å². The molecule has 3 atom stereocenters. The monoisotopic (exact) mass is 424 g/mol. The zero-order chi connectivity index (χ0) is 21.2. The SMILES string of the molecule is O=C(C[C@@H]1OC[C@H]2CN(Cc3cccc(C(F)(F)F)c3)CC[C@H]21)NCC(F)(F)F. The number of carbonyl (C=O) groups excluding carboxylic acids is 1. The standard InChI is InChI=1S/C19H22F6N2O2/c20-18(21,22)11-26-17(28)7-16-15-4-5-27(9-13(15)10-29-16)8-12-2-1-3-14(6-12)19(23,24)25/h1-3,6,13,15-16H,4-5,7-11H2,(H,26,28)/t13-,15-,16+/m1/s1. The molecule has 2 heterocycles. The first-order valence-electron chi connectivity index (χ1n) is 9.35. The Kier molecular flexibility index (Phi) is 6.42. The first kappa shape index (κ1) is 21.9. The van der Waals surface area contributed by atoms with Gasteiger partial charge in [0.05, 0.1) is 24.7 Å². The number of nitrogens with one attached hydrogen (secondary N) is 1. The van der Waals surface area contributed by atoms with Crippen LogP contribution in [-0.2, 0) is 22.3 Å². The lowest BCUT2D eigenvalue weighted by Crippen LogP contribution is -2.42. The molecule has 2 aliphatic heterocycles. The molecule has 1 aromatic carbocycles. The average molecular weight is 424 g/mol. The lowest BCUT2D eigenvalue weighted by molar-refractivity contribution is -0.140. The molecule has 29 heavy (non-hydrogen) atoms. The van der Waals surface area contributed by atoms with Gasteiger partial charge < -0.3 is 10.1 Å². The molecule has 162 valence electrons. The summed E-state index contributed by atoms with van der Waals surface area (Å²) in [5.74, 6) is -0.529. The Morgan fingerprint density at radius 2 is 1.97 bits per heavy atom. The van der Waals surface area contributed by atoms with Crippen molar-refractivity contribution in [3.05, 3.63) is 35.4 Å². The van der Waals surface area contributed by atoms with Crippen molar-refractivity contribution in [2.24, 2.45) is 11.8 Å². The number of halogens is 6. The summed E-state index contributed by atoms with van der Waals surface area (Å²) in [6.45, 7) is 0.644. The second-order valence-electron chi connectivity index (χ2n) is 7.61. The van der Waals surface area contributed by atoms with Crippen molar-refractivity contribution >= 4 is 5.91 Å². The smallest absolute Gasteiger partial charge is 0.377 e. The summed E-state index contributed by atoms with van der Waals surface area (Å²) in [5.41, 5.74) is -0.112. The van der Waals surface area contributed by atoms with Gasteiger partial charge in [-0.25, -0.2) is 0 Å². The van der Waals surface area contributed by atoms with Gasteiger partial charge in [-0.3, -0.25) is 9.69 Å². The third-order valence-corrected chi connectivity index (χ3v) is 5.41. The molecule has 4 nitrogen and oxygen atoms in total. The maximum atomic E-state index is 12.9. The molecular weight excluding hydrogens is 402 g/mol. The molecule has 2 saturated heterocycles. The van der Waals surface area contributed by atoms with Gasteiger partial charge in [0.15, 0.2) is 0 Å². The third kappa shape index (κ3) is 6.08. The Balaban J connectivity index is 1.51. The molecule has 0 bridgehead atoms. The minimum Gasteiger partial charge on any atom is -0.377 e. The largest absolute Gasteiger partial charge is 0.416 e. The normalized spacial score (nSPS) is 25.7. The summed E-state index contributed by atoms with van der Waals surface area (Å²) < 4.78 is 80.8. The fraction of sp³-hybridized carbons (Fsp3) is 0.632. The van der Waals surface area contributed by atoms with E-state index in [1.165, 1.54) is 6.07 Å². The lowest BCUT2D eigenvalue weighted by Gasteiger charge is -2.35. The number of amides is 1. The van der Waals surface area contributed by atoms with Crippen LogP contribution in [0.3, 0.4) is 0 Å². The van der Waals surface area contributed by atoms with Gasteiger partial charge in [-0.05, 0) is 30.5 Å². The Labute approximate surface area is 164 Å². The van der Waals surface area contributed by atoms with Crippen LogP contribution >= 0.6 is 0 Å². The van der Waals surface area contributed by atoms with E-state index >= 15 is 0 Å². The van der Waals surface area contributed by atoms with Crippen molar-refractivity contribution in [2.45, 2.75) is 37.8 Å². The lowest BCUT2D eigenvalue weighted by atomic mass is 9.83. The number of fused-ring (bicyclic) bond motifs is 1. The summed E-state index contributed by atoms with van der Waals surface area (Å²) in [6.07, 6.45) is -8.71. The van der Waals surface area contributed by atoms with Crippen LogP contribution in [-0.4, -0.2) is 49.3 Å². The number of hydrogen-bond donors (Lipinski definition) is 1. The van der Waals surface area contributed by atoms with Gasteiger partial charge in [0.1, 0.15) is 6.54 Å². The maximum absolute atomic E-state index is 12.9. The predicted octanol–water partition coefficient (Wildman–Crippen LogP) is 3.61. The number of piperidine rings is 1. The first-order chi connectivity index (χ1) is 13.5. The Bertz CT molecular complexity index is 721. The number of benzene rings is 1. The van der Waals surface area contributed by atoms with Crippen molar-refractivity contribution in [3.63, 3.8) is 0 Å². The topological polar surface area (TPSA) is 41.6 Å². The van der Waals surface area contributed by atoms with Crippen molar-refractivity contribution in [1.29, 1.82) is 0 Å². The molecule has 1 N–H and O–H groups in total. The van der Waals surface area contributed by atoms with Crippen LogP contribution in [0.15, 0.2) is 24.3 Å². The molecule has 0 spiro atoms. The molecule has 1 aromatic rings. The van der Waals surface area contributed by atoms with Gasteiger partial charge in [-0.1, -0.05) is 18.2 Å². The molecule has 1 amide bonds. The second-order valence-corrected chi connectivity index (χ2v) is 7.61. The zero-order valence-electron chi connectivity index (χ0n) is 15.5. The molecule has 0 aromatic heterocycles. The Hall–Kier alpha value is -1.81. The van der Waals surface area contributed by atoms with Gasteiger partial charge in [0.2, 0.25) is 5.91 Å². The van der Waals surface area contributed by atoms with E-state index in [1.807, 2.05) is 10.2 Å².